The Labute approximate surface area is 125 Å². The van der Waals surface area contributed by atoms with Gasteiger partial charge in [0.15, 0.2) is 0 Å². The van der Waals surface area contributed by atoms with Gasteiger partial charge in [0.05, 0.1) is 12.8 Å². The molecular weight excluding hydrogens is 268 g/mol. The normalized spacial score (nSPS) is 21.4. The van der Waals surface area contributed by atoms with Crippen LogP contribution in [0.25, 0.3) is 0 Å². The zero-order chi connectivity index (χ0) is 15.8. The van der Waals surface area contributed by atoms with Crippen LogP contribution < -0.4 is 15.0 Å². The number of hydrogen-bond acceptors (Lipinski definition) is 3. The predicted octanol–water partition coefficient (Wildman–Crippen LogP) is 1.96. The highest BCUT2D eigenvalue weighted by molar-refractivity contribution is 6.11. The van der Waals surface area contributed by atoms with Gasteiger partial charge in [-0.1, -0.05) is 26.0 Å². The highest BCUT2D eigenvalue weighted by Crippen LogP contribution is 2.34. The fourth-order valence-electron chi connectivity index (χ4n) is 2.67. The molecule has 2 rings (SSSR count). The maximum absolute atomic E-state index is 12.8. The second-order valence-corrected chi connectivity index (χ2v) is 6.15. The van der Waals surface area contributed by atoms with Crippen molar-refractivity contribution in [3.8, 4) is 5.75 Å². The van der Waals surface area contributed by atoms with Crippen molar-refractivity contribution in [3.05, 3.63) is 24.3 Å². The highest BCUT2D eigenvalue weighted by Gasteiger charge is 2.47. The number of carbonyl (C=O) groups excluding carboxylic acids is 2. The summed E-state index contributed by atoms with van der Waals surface area (Å²) >= 11 is 0. The SMILES string of the molecule is COc1ccccc1N1C(=O)C(C)(C)NC(=O)C1C(C)C. The number of amides is 2. The van der Waals surface area contributed by atoms with Gasteiger partial charge in [0.2, 0.25) is 5.91 Å². The molecular formula is C16H22N2O3. The number of methoxy groups -OCH3 is 1. The first-order valence-electron chi connectivity index (χ1n) is 7.08. The molecule has 5 nitrogen and oxygen atoms in total. The molecule has 1 saturated heterocycles. The molecule has 1 aliphatic heterocycles. The van der Waals surface area contributed by atoms with Crippen molar-refractivity contribution >= 4 is 17.5 Å². The predicted molar refractivity (Wildman–Crippen MR) is 81.3 cm³/mol. The summed E-state index contributed by atoms with van der Waals surface area (Å²) in [6, 6.07) is 6.73. The van der Waals surface area contributed by atoms with E-state index in [0.717, 1.165) is 0 Å². The fraction of sp³-hybridized carbons (Fsp3) is 0.500. The molecule has 0 radical (unpaired) electrons. The lowest BCUT2D eigenvalue weighted by molar-refractivity contribution is -0.138. The minimum atomic E-state index is -0.927. The van der Waals surface area contributed by atoms with Gasteiger partial charge in [-0.3, -0.25) is 14.5 Å². The Hall–Kier alpha value is -2.04. The molecule has 1 aliphatic rings. The molecule has 1 aromatic rings. The number of carbonyl (C=O) groups is 2. The standard InChI is InChI=1S/C16H22N2O3/c1-10(2)13-14(19)17-16(3,4)15(20)18(13)11-8-6-7-9-12(11)21-5/h6-10,13H,1-5H3,(H,17,19). The van der Waals surface area contributed by atoms with Crippen LogP contribution in [0.15, 0.2) is 24.3 Å². The maximum atomic E-state index is 12.8. The molecule has 0 saturated carbocycles. The molecule has 2 amide bonds. The second kappa shape index (κ2) is 5.39. The van der Waals surface area contributed by atoms with E-state index in [1.54, 1.807) is 38.0 Å². The van der Waals surface area contributed by atoms with Gasteiger partial charge in [0, 0.05) is 0 Å². The van der Waals surface area contributed by atoms with Gasteiger partial charge >= 0.3 is 0 Å². The van der Waals surface area contributed by atoms with E-state index >= 15 is 0 Å². The number of hydrogen-bond donors (Lipinski definition) is 1. The third-order valence-corrected chi connectivity index (χ3v) is 3.71. The largest absolute Gasteiger partial charge is 0.495 e. The second-order valence-electron chi connectivity index (χ2n) is 6.15. The van der Waals surface area contributed by atoms with E-state index in [-0.39, 0.29) is 17.7 Å². The van der Waals surface area contributed by atoms with Crippen LogP contribution in [-0.4, -0.2) is 30.5 Å². The molecule has 0 bridgehead atoms. The lowest BCUT2D eigenvalue weighted by Crippen LogP contribution is -2.69. The molecule has 1 fully saturated rings. The van der Waals surface area contributed by atoms with E-state index in [9.17, 15) is 9.59 Å². The zero-order valence-electron chi connectivity index (χ0n) is 13.1. The van der Waals surface area contributed by atoms with Crippen LogP contribution in [0.2, 0.25) is 0 Å². The molecule has 1 N–H and O–H groups in total. The molecule has 5 heteroatoms. The van der Waals surface area contributed by atoms with Crippen molar-refractivity contribution in [3.63, 3.8) is 0 Å². The Morgan fingerprint density at radius 2 is 1.86 bits per heavy atom. The average molecular weight is 290 g/mol. The number of benzene rings is 1. The van der Waals surface area contributed by atoms with E-state index in [4.69, 9.17) is 4.74 Å². The molecule has 114 valence electrons. The summed E-state index contributed by atoms with van der Waals surface area (Å²) in [5, 5.41) is 2.80. The van der Waals surface area contributed by atoms with Gasteiger partial charge in [-0.05, 0) is 31.9 Å². The Kier molecular flexibility index (Phi) is 3.94. The Balaban J connectivity index is 2.58. The van der Waals surface area contributed by atoms with Crippen molar-refractivity contribution in [2.45, 2.75) is 39.3 Å². The average Bonchev–Trinajstić information content (AvgIpc) is 2.41. The van der Waals surface area contributed by atoms with Crippen LogP contribution in [-0.2, 0) is 9.59 Å². The molecule has 1 unspecified atom stereocenters. The smallest absolute Gasteiger partial charge is 0.253 e. The number of rotatable bonds is 3. The van der Waals surface area contributed by atoms with E-state index < -0.39 is 11.6 Å². The first-order chi connectivity index (χ1) is 9.79. The summed E-state index contributed by atoms with van der Waals surface area (Å²) in [6.45, 7) is 7.29. The number of nitrogens with one attached hydrogen (secondary N) is 1. The molecule has 1 aromatic carbocycles. The molecule has 0 aliphatic carbocycles. The molecule has 21 heavy (non-hydrogen) atoms. The summed E-state index contributed by atoms with van der Waals surface area (Å²) in [4.78, 5) is 26.8. The molecule has 0 aromatic heterocycles. The van der Waals surface area contributed by atoms with Gasteiger partial charge in [0.1, 0.15) is 17.3 Å². The van der Waals surface area contributed by atoms with Gasteiger partial charge in [-0.25, -0.2) is 0 Å². The Morgan fingerprint density at radius 3 is 2.43 bits per heavy atom. The van der Waals surface area contributed by atoms with Crippen molar-refractivity contribution in [2.24, 2.45) is 5.92 Å². The summed E-state index contributed by atoms with van der Waals surface area (Å²) < 4.78 is 5.35. The lowest BCUT2D eigenvalue weighted by Gasteiger charge is -2.44. The third-order valence-electron chi connectivity index (χ3n) is 3.71. The number of para-hydroxylation sites is 2. The van der Waals surface area contributed by atoms with Gasteiger partial charge in [-0.15, -0.1) is 0 Å². The summed E-state index contributed by atoms with van der Waals surface area (Å²) in [7, 11) is 1.56. The summed E-state index contributed by atoms with van der Waals surface area (Å²) in [6.07, 6.45) is 0. The van der Waals surface area contributed by atoms with Gasteiger partial charge < -0.3 is 10.1 Å². The Morgan fingerprint density at radius 1 is 1.24 bits per heavy atom. The summed E-state index contributed by atoms with van der Waals surface area (Å²) in [5.41, 5.74) is -0.296. The van der Waals surface area contributed by atoms with Crippen molar-refractivity contribution in [1.29, 1.82) is 0 Å². The fourth-order valence-corrected chi connectivity index (χ4v) is 2.67. The van der Waals surface area contributed by atoms with Gasteiger partial charge in [-0.2, -0.15) is 0 Å². The van der Waals surface area contributed by atoms with Crippen LogP contribution in [0.1, 0.15) is 27.7 Å². The topological polar surface area (TPSA) is 58.6 Å². The first-order valence-corrected chi connectivity index (χ1v) is 7.08. The van der Waals surface area contributed by atoms with Crippen LogP contribution in [0.5, 0.6) is 5.75 Å². The van der Waals surface area contributed by atoms with E-state index in [1.165, 1.54) is 0 Å². The third kappa shape index (κ3) is 2.60. The van der Waals surface area contributed by atoms with Crippen LogP contribution in [0.4, 0.5) is 5.69 Å². The lowest BCUT2D eigenvalue weighted by atomic mass is 9.91. The quantitative estimate of drug-likeness (QED) is 0.926. The highest BCUT2D eigenvalue weighted by atomic mass is 16.5. The van der Waals surface area contributed by atoms with E-state index in [0.29, 0.717) is 11.4 Å². The molecule has 1 heterocycles. The monoisotopic (exact) mass is 290 g/mol. The number of ether oxygens (including phenoxy) is 1. The number of anilines is 1. The molecule has 1 atom stereocenters. The van der Waals surface area contributed by atoms with E-state index in [2.05, 4.69) is 5.32 Å². The van der Waals surface area contributed by atoms with E-state index in [1.807, 2.05) is 26.0 Å². The number of piperazine rings is 1. The zero-order valence-corrected chi connectivity index (χ0v) is 13.1. The van der Waals surface area contributed by atoms with Crippen molar-refractivity contribution in [1.82, 2.24) is 5.32 Å². The van der Waals surface area contributed by atoms with Crippen LogP contribution >= 0.6 is 0 Å². The number of nitrogens with zero attached hydrogens (tertiary/aromatic N) is 1. The summed E-state index contributed by atoms with van der Waals surface area (Å²) in [5.74, 6) is 0.308. The maximum Gasteiger partial charge on any atom is 0.253 e. The van der Waals surface area contributed by atoms with Crippen LogP contribution in [0, 0.1) is 5.92 Å². The minimum Gasteiger partial charge on any atom is -0.495 e. The first kappa shape index (κ1) is 15.4. The minimum absolute atomic E-state index is 0.00466. The Bertz CT molecular complexity index is 566. The molecule has 0 spiro atoms. The van der Waals surface area contributed by atoms with Crippen molar-refractivity contribution < 1.29 is 14.3 Å². The van der Waals surface area contributed by atoms with Crippen molar-refractivity contribution in [2.75, 3.05) is 12.0 Å². The van der Waals surface area contributed by atoms with Crippen LogP contribution in [0.3, 0.4) is 0 Å². The van der Waals surface area contributed by atoms with Gasteiger partial charge in [0.25, 0.3) is 5.91 Å².